The van der Waals surface area contributed by atoms with Gasteiger partial charge >= 0.3 is 0 Å². The summed E-state index contributed by atoms with van der Waals surface area (Å²) in [4.78, 5) is 17.2. The second kappa shape index (κ2) is 9.61. The fourth-order valence-electron chi connectivity index (χ4n) is 4.13. The van der Waals surface area contributed by atoms with Crippen molar-refractivity contribution in [2.45, 2.75) is 23.2 Å². The molecule has 1 N–H and O–H groups in total. The molecular weight excluding hydrogens is 504 g/mol. The largest absolute Gasteiger partial charge is 0.351 e. The van der Waals surface area contributed by atoms with Crippen molar-refractivity contribution in [2.24, 2.45) is 7.05 Å². The lowest BCUT2D eigenvalue weighted by Crippen LogP contribution is -2.51. The van der Waals surface area contributed by atoms with Crippen LogP contribution in [0.15, 0.2) is 53.8 Å². The van der Waals surface area contributed by atoms with E-state index in [2.05, 4.69) is 15.4 Å². The first-order valence-electron chi connectivity index (χ1n) is 10.5. The van der Waals surface area contributed by atoms with Crippen LogP contribution < -0.4 is 5.32 Å². The number of piperidine rings is 1. The van der Waals surface area contributed by atoms with Crippen molar-refractivity contribution in [3.8, 4) is 0 Å². The quantitative estimate of drug-likeness (QED) is 0.531. The summed E-state index contributed by atoms with van der Waals surface area (Å²) in [5, 5.41) is 7.36. The summed E-state index contributed by atoms with van der Waals surface area (Å²) in [6.45, 7) is 0.315. The molecule has 2 aromatic heterocycles. The van der Waals surface area contributed by atoms with Crippen molar-refractivity contribution in [2.75, 3.05) is 19.6 Å². The molecule has 0 unspecified atom stereocenters. The van der Waals surface area contributed by atoms with Gasteiger partial charge in [0.25, 0.3) is 5.91 Å². The number of hydrogen-bond acceptors (Lipinski definition) is 5. The first-order valence-corrected chi connectivity index (χ1v) is 12.6. The van der Waals surface area contributed by atoms with Gasteiger partial charge in [-0.05, 0) is 43.2 Å². The van der Waals surface area contributed by atoms with Gasteiger partial charge in [-0.3, -0.25) is 14.5 Å². The van der Waals surface area contributed by atoms with Gasteiger partial charge in [-0.15, -0.1) is 0 Å². The molecule has 1 saturated heterocycles. The third-order valence-electron chi connectivity index (χ3n) is 6.02. The third kappa shape index (κ3) is 4.81. The predicted molar refractivity (Wildman–Crippen MR) is 126 cm³/mol. The fourth-order valence-corrected chi connectivity index (χ4v) is 6.05. The molecule has 0 aliphatic carbocycles. The van der Waals surface area contributed by atoms with Crippen molar-refractivity contribution >= 4 is 39.1 Å². The molecule has 0 radical (unpaired) electrons. The average molecular weight is 526 g/mol. The van der Waals surface area contributed by atoms with E-state index < -0.39 is 27.2 Å². The zero-order valence-electron chi connectivity index (χ0n) is 18.2. The summed E-state index contributed by atoms with van der Waals surface area (Å²) >= 11 is 12.1. The maximum absolute atomic E-state index is 14.8. The summed E-state index contributed by atoms with van der Waals surface area (Å²) < 4.78 is 43.6. The number of carbonyl (C=O) groups excluding carboxylic acids is 1. The van der Waals surface area contributed by atoms with E-state index in [-0.39, 0.29) is 53.7 Å². The standard InChI is InChI=1S/C22H22Cl2FN5O3S/c1-29-13-16(12-28-29)34(32,33)30-9-6-22(7-10-30,20-19(25)3-2-8-26-20)14-27-21(31)17-5-4-15(23)11-18(17)24/h2-5,8,11-13H,6-7,9-10,14H2,1H3,(H,27,31). The molecule has 0 atom stereocenters. The topological polar surface area (TPSA) is 97.2 Å². The Bertz CT molecular complexity index is 1320. The Morgan fingerprint density at radius 1 is 1.24 bits per heavy atom. The van der Waals surface area contributed by atoms with Crippen molar-refractivity contribution in [1.29, 1.82) is 0 Å². The van der Waals surface area contributed by atoms with Gasteiger partial charge < -0.3 is 5.32 Å². The first kappa shape index (κ1) is 24.6. The highest BCUT2D eigenvalue weighted by molar-refractivity contribution is 7.89. The van der Waals surface area contributed by atoms with Crippen molar-refractivity contribution in [1.82, 2.24) is 24.4 Å². The van der Waals surface area contributed by atoms with Crippen molar-refractivity contribution in [3.05, 3.63) is 76.0 Å². The van der Waals surface area contributed by atoms with Crippen LogP contribution in [0.5, 0.6) is 0 Å². The molecule has 0 saturated carbocycles. The van der Waals surface area contributed by atoms with E-state index in [1.807, 2.05) is 0 Å². The van der Waals surface area contributed by atoms with Crippen LogP contribution in [0.25, 0.3) is 0 Å². The number of nitrogens with zero attached hydrogens (tertiary/aromatic N) is 4. The number of pyridine rings is 1. The van der Waals surface area contributed by atoms with E-state index >= 15 is 0 Å². The third-order valence-corrected chi connectivity index (χ3v) is 8.42. The van der Waals surface area contributed by atoms with Crippen LogP contribution >= 0.6 is 23.2 Å². The van der Waals surface area contributed by atoms with E-state index in [4.69, 9.17) is 23.2 Å². The number of carbonyl (C=O) groups is 1. The van der Waals surface area contributed by atoms with Crippen LogP contribution in [-0.4, -0.2) is 53.0 Å². The Morgan fingerprint density at radius 2 is 1.97 bits per heavy atom. The van der Waals surface area contributed by atoms with Crippen molar-refractivity contribution < 1.29 is 17.6 Å². The Balaban J connectivity index is 1.57. The fraction of sp³-hybridized carbons (Fsp3) is 0.318. The Hall–Kier alpha value is -2.53. The molecule has 1 aliphatic rings. The summed E-state index contributed by atoms with van der Waals surface area (Å²) in [6, 6.07) is 7.32. The average Bonchev–Trinajstić information content (AvgIpc) is 3.25. The molecule has 3 aromatic rings. The zero-order chi connectivity index (χ0) is 24.5. The molecular formula is C22H22Cl2FN5O3S. The number of amides is 1. The normalized spacial score (nSPS) is 16.4. The molecule has 1 aliphatic heterocycles. The van der Waals surface area contributed by atoms with Gasteiger partial charge in [0.2, 0.25) is 10.0 Å². The van der Waals surface area contributed by atoms with Gasteiger partial charge in [0.05, 0.1) is 22.5 Å². The minimum Gasteiger partial charge on any atom is -0.351 e. The van der Waals surface area contributed by atoms with Crippen LogP contribution in [0.2, 0.25) is 10.0 Å². The lowest BCUT2D eigenvalue weighted by atomic mass is 9.75. The number of hydrogen-bond donors (Lipinski definition) is 1. The molecule has 12 heteroatoms. The Kier molecular flexibility index (Phi) is 6.95. The van der Waals surface area contributed by atoms with Crippen LogP contribution in [0.3, 0.4) is 0 Å². The van der Waals surface area contributed by atoms with Gasteiger partial charge in [-0.2, -0.15) is 9.40 Å². The molecule has 8 nitrogen and oxygen atoms in total. The van der Waals surface area contributed by atoms with Gasteiger partial charge in [0.15, 0.2) is 0 Å². The van der Waals surface area contributed by atoms with Crippen LogP contribution in [0.4, 0.5) is 4.39 Å². The van der Waals surface area contributed by atoms with E-state index in [1.165, 1.54) is 51.8 Å². The molecule has 1 amide bonds. The molecule has 0 spiro atoms. The van der Waals surface area contributed by atoms with Crippen LogP contribution in [0.1, 0.15) is 28.9 Å². The maximum atomic E-state index is 14.8. The highest BCUT2D eigenvalue weighted by atomic mass is 35.5. The maximum Gasteiger partial charge on any atom is 0.252 e. The van der Waals surface area contributed by atoms with Gasteiger partial charge in [-0.1, -0.05) is 23.2 Å². The highest BCUT2D eigenvalue weighted by Crippen LogP contribution is 2.37. The summed E-state index contributed by atoms with van der Waals surface area (Å²) in [5.41, 5.74) is -0.476. The number of halogens is 3. The smallest absolute Gasteiger partial charge is 0.252 e. The van der Waals surface area contributed by atoms with E-state index in [9.17, 15) is 17.6 Å². The monoisotopic (exact) mass is 525 g/mol. The summed E-state index contributed by atoms with van der Waals surface area (Å²) in [5.74, 6) is -0.951. The summed E-state index contributed by atoms with van der Waals surface area (Å²) in [6.07, 6.45) is 4.73. The lowest BCUT2D eigenvalue weighted by molar-refractivity contribution is 0.0931. The number of benzene rings is 1. The second-order valence-electron chi connectivity index (χ2n) is 8.17. The molecule has 1 aromatic carbocycles. The Morgan fingerprint density at radius 3 is 2.59 bits per heavy atom. The lowest BCUT2D eigenvalue weighted by Gasteiger charge is -2.41. The number of aromatic nitrogens is 3. The minimum absolute atomic E-state index is 0.0551. The molecule has 4 rings (SSSR count). The second-order valence-corrected chi connectivity index (χ2v) is 11.0. The SMILES string of the molecule is Cn1cc(S(=O)(=O)N2CCC(CNC(=O)c3ccc(Cl)cc3Cl)(c3ncccc3F)CC2)cn1. The number of rotatable bonds is 6. The highest BCUT2D eigenvalue weighted by Gasteiger charge is 2.42. The minimum atomic E-state index is -3.75. The predicted octanol–water partition coefficient (Wildman–Crippen LogP) is 3.41. The first-order chi connectivity index (χ1) is 16.1. The molecule has 180 valence electrons. The van der Waals surface area contributed by atoms with Crippen LogP contribution in [0, 0.1) is 5.82 Å². The van der Waals surface area contributed by atoms with Gasteiger partial charge in [0.1, 0.15) is 10.7 Å². The molecule has 0 bridgehead atoms. The number of nitrogens with one attached hydrogen (secondary N) is 1. The van der Waals surface area contributed by atoms with Crippen molar-refractivity contribution in [3.63, 3.8) is 0 Å². The molecule has 1 fully saturated rings. The van der Waals surface area contributed by atoms with E-state index in [0.29, 0.717) is 5.02 Å². The van der Waals surface area contributed by atoms with Gasteiger partial charge in [0, 0.05) is 49.5 Å². The molecule has 34 heavy (non-hydrogen) atoms. The summed E-state index contributed by atoms with van der Waals surface area (Å²) in [7, 11) is -2.11. The molecule has 3 heterocycles. The van der Waals surface area contributed by atoms with Gasteiger partial charge in [-0.25, -0.2) is 12.8 Å². The number of sulfonamides is 1. The van der Waals surface area contributed by atoms with E-state index in [0.717, 1.165) is 0 Å². The van der Waals surface area contributed by atoms with E-state index in [1.54, 1.807) is 13.1 Å². The zero-order valence-corrected chi connectivity index (χ0v) is 20.5. The van der Waals surface area contributed by atoms with Crippen LogP contribution in [-0.2, 0) is 22.5 Å². The Labute approximate surface area is 206 Å². The number of aryl methyl sites for hydroxylation is 1.